The summed E-state index contributed by atoms with van der Waals surface area (Å²) in [6, 6.07) is 6.63. The fourth-order valence-corrected chi connectivity index (χ4v) is 2.83. The highest BCUT2D eigenvalue weighted by Gasteiger charge is 2.32. The first kappa shape index (κ1) is 16.3. The van der Waals surface area contributed by atoms with Gasteiger partial charge >= 0.3 is 5.97 Å². The lowest BCUT2D eigenvalue weighted by atomic mass is 9.77. The zero-order chi connectivity index (χ0) is 16.2. The van der Waals surface area contributed by atoms with Crippen molar-refractivity contribution in [3.63, 3.8) is 0 Å². The number of hydrogen-bond donors (Lipinski definition) is 0. The van der Waals surface area contributed by atoms with E-state index >= 15 is 0 Å². The van der Waals surface area contributed by atoms with Gasteiger partial charge in [-0.05, 0) is 37.3 Å². The van der Waals surface area contributed by atoms with Crippen LogP contribution in [0.2, 0.25) is 0 Å². The minimum absolute atomic E-state index is 0.0243. The number of hydrogen-bond acceptors (Lipinski definition) is 5. The Labute approximate surface area is 130 Å². The maximum Gasteiger partial charge on any atom is 0.306 e. The summed E-state index contributed by atoms with van der Waals surface area (Å²) in [4.78, 5) is 24.2. The standard InChI is InChI=1S/C16H22N2O4/c1-3-22-15(19)12-16(2)8-10-17(11-9-16)13-4-6-14(7-5-13)18(20)21/h4-7H,3,8-12H2,1-2H3. The van der Waals surface area contributed by atoms with Gasteiger partial charge in [-0.15, -0.1) is 0 Å². The van der Waals surface area contributed by atoms with Gasteiger partial charge in [-0.2, -0.15) is 0 Å². The first-order valence-corrected chi connectivity index (χ1v) is 7.58. The fourth-order valence-electron chi connectivity index (χ4n) is 2.83. The molecule has 0 bridgehead atoms. The minimum Gasteiger partial charge on any atom is -0.466 e. The number of nitrogens with zero attached hydrogens (tertiary/aromatic N) is 2. The molecule has 0 amide bonds. The lowest BCUT2D eigenvalue weighted by Gasteiger charge is -2.40. The molecular formula is C16H22N2O4. The van der Waals surface area contributed by atoms with Crippen molar-refractivity contribution < 1.29 is 14.5 Å². The first-order valence-electron chi connectivity index (χ1n) is 7.58. The second kappa shape index (κ2) is 6.77. The van der Waals surface area contributed by atoms with Crippen LogP contribution in [0.15, 0.2) is 24.3 Å². The van der Waals surface area contributed by atoms with Crippen LogP contribution in [0.5, 0.6) is 0 Å². The lowest BCUT2D eigenvalue weighted by Crippen LogP contribution is -2.39. The van der Waals surface area contributed by atoms with Crippen LogP contribution in [0, 0.1) is 15.5 Å². The molecule has 1 aliphatic heterocycles. The molecule has 1 aromatic carbocycles. The van der Waals surface area contributed by atoms with Crippen LogP contribution < -0.4 is 4.90 Å². The highest BCUT2D eigenvalue weighted by Crippen LogP contribution is 2.36. The molecule has 1 heterocycles. The van der Waals surface area contributed by atoms with Gasteiger partial charge in [0.05, 0.1) is 18.0 Å². The van der Waals surface area contributed by atoms with Crippen molar-refractivity contribution in [1.82, 2.24) is 0 Å². The average Bonchev–Trinajstić information content (AvgIpc) is 2.48. The molecule has 22 heavy (non-hydrogen) atoms. The summed E-state index contributed by atoms with van der Waals surface area (Å²) in [6.07, 6.45) is 2.26. The molecule has 1 aliphatic rings. The number of nitro benzene ring substituents is 1. The molecule has 0 unspecified atom stereocenters. The second-order valence-corrected chi connectivity index (χ2v) is 6.05. The van der Waals surface area contributed by atoms with Crippen molar-refractivity contribution in [3.05, 3.63) is 34.4 Å². The molecule has 0 radical (unpaired) electrons. The van der Waals surface area contributed by atoms with Gasteiger partial charge in [0.15, 0.2) is 0 Å². The molecule has 1 saturated heterocycles. The number of ether oxygens (including phenoxy) is 1. The predicted octanol–water partition coefficient (Wildman–Crippen LogP) is 3.15. The number of nitro groups is 1. The van der Waals surface area contributed by atoms with Crippen LogP contribution in [0.4, 0.5) is 11.4 Å². The van der Waals surface area contributed by atoms with E-state index in [0.29, 0.717) is 13.0 Å². The highest BCUT2D eigenvalue weighted by molar-refractivity contribution is 5.70. The molecule has 0 atom stereocenters. The fraction of sp³-hybridized carbons (Fsp3) is 0.562. The van der Waals surface area contributed by atoms with Gasteiger partial charge in [0.1, 0.15) is 0 Å². The normalized spacial score (nSPS) is 17.1. The molecule has 120 valence electrons. The summed E-state index contributed by atoms with van der Waals surface area (Å²) in [6.45, 7) is 6.04. The lowest BCUT2D eigenvalue weighted by molar-refractivity contribution is -0.384. The van der Waals surface area contributed by atoms with E-state index in [2.05, 4.69) is 11.8 Å². The summed E-state index contributed by atoms with van der Waals surface area (Å²) < 4.78 is 5.04. The summed E-state index contributed by atoms with van der Waals surface area (Å²) in [5, 5.41) is 10.7. The van der Waals surface area contributed by atoms with E-state index in [0.717, 1.165) is 31.6 Å². The Bertz CT molecular complexity index is 534. The van der Waals surface area contributed by atoms with Gasteiger partial charge in [0.25, 0.3) is 5.69 Å². The van der Waals surface area contributed by atoms with E-state index in [-0.39, 0.29) is 17.1 Å². The zero-order valence-electron chi connectivity index (χ0n) is 13.1. The molecule has 2 rings (SSSR count). The van der Waals surface area contributed by atoms with Gasteiger partial charge in [0, 0.05) is 30.9 Å². The Kier molecular flexibility index (Phi) is 5.00. The van der Waals surface area contributed by atoms with E-state index in [4.69, 9.17) is 4.74 Å². The van der Waals surface area contributed by atoms with Crippen molar-refractivity contribution in [1.29, 1.82) is 0 Å². The summed E-state index contributed by atoms with van der Waals surface area (Å²) in [5.74, 6) is -0.131. The van der Waals surface area contributed by atoms with Gasteiger partial charge in [0.2, 0.25) is 0 Å². The molecule has 0 aliphatic carbocycles. The zero-order valence-corrected chi connectivity index (χ0v) is 13.1. The third kappa shape index (κ3) is 3.96. The Morgan fingerprint density at radius 3 is 2.41 bits per heavy atom. The van der Waals surface area contributed by atoms with Crippen molar-refractivity contribution in [3.8, 4) is 0 Å². The molecule has 1 fully saturated rings. The number of carbonyl (C=O) groups is 1. The number of anilines is 1. The quantitative estimate of drug-likeness (QED) is 0.474. The molecule has 0 aromatic heterocycles. The van der Waals surface area contributed by atoms with E-state index in [1.807, 2.05) is 6.92 Å². The van der Waals surface area contributed by atoms with Crippen LogP contribution >= 0.6 is 0 Å². The topological polar surface area (TPSA) is 72.7 Å². The van der Waals surface area contributed by atoms with Gasteiger partial charge in [-0.1, -0.05) is 6.92 Å². The van der Waals surface area contributed by atoms with E-state index in [1.54, 1.807) is 12.1 Å². The van der Waals surface area contributed by atoms with Crippen LogP contribution in [-0.2, 0) is 9.53 Å². The number of carbonyl (C=O) groups excluding carboxylic acids is 1. The van der Waals surface area contributed by atoms with Gasteiger partial charge < -0.3 is 9.64 Å². The molecule has 6 nitrogen and oxygen atoms in total. The largest absolute Gasteiger partial charge is 0.466 e. The molecule has 0 N–H and O–H groups in total. The SMILES string of the molecule is CCOC(=O)CC1(C)CCN(c2ccc([N+](=O)[O-])cc2)CC1. The number of piperidine rings is 1. The van der Waals surface area contributed by atoms with Crippen molar-refractivity contribution in [2.24, 2.45) is 5.41 Å². The number of rotatable bonds is 5. The summed E-state index contributed by atoms with van der Waals surface area (Å²) in [5.41, 5.74) is 1.07. The third-order valence-corrected chi connectivity index (χ3v) is 4.27. The smallest absolute Gasteiger partial charge is 0.306 e. The number of esters is 1. The number of non-ortho nitro benzene ring substituents is 1. The third-order valence-electron chi connectivity index (χ3n) is 4.27. The second-order valence-electron chi connectivity index (χ2n) is 6.05. The maximum atomic E-state index is 11.7. The average molecular weight is 306 g/mol. The van der Waals surface area contributed by atoms with E-state index in [9.17, 15) is 14.9 Å². The highest BCUT2D eigenvalue weighted by atomic mass is 16.6. The van der Waals surface area contributed by atoms with Crippen molar-refractivity contribution in [2.45, 2.75) is 33.1 Å². The predicted molar refractivity (Wildman–Crippen MR) is 83.9 cm³/mol. The first-order chi connectivity index (χ1) is 10.4. The monoisotopic (exact) mass is 306 g/mol. The molecule has 0 spiro atoms. The maximum absolute atomic E-state index is 11.7. The van der Waals surface area contributed by atoms with Crippen molar-refractivity contribution in [2.75, 3.05) is 24.6 Å². The molecule has 0 saturated carbocycles. The summed E-state index contributed by atoms with van der Waals surface area (Å²) >= 11 is 0. The Balaban J connectivity index is 1.93. The van der Waals surface area contributed by atoms with Crippen molar-refractivity contribution >= 4 is 17.3 Å². The minimum atomic E-state index is -0.392. The van der Waals surface area contributed by atoms with Gasteiger partial charge in [-0.25, -0.2) is 0 Å². The summed E-state index contributed by atoms with van der Waals surface area (Å²) in [7, 11) is 0. The van der Waals surface area contributed by atoms with E-state index < -0.39 is 4.92 Å². The van der Waals surface area contributed by atoms with E-state index in [1.165, 1.54) is 12.1 Å². The molecule has 6 heteroatoms. The van der Waals surface area contributed by atoms with Gasteiger partial charge in [-0.3, -0.25) is 14.9 Å². The Morgan fingerprint density at radius 2 is 1.91 bits per heavy atom. The Morgan fingerprint density at radius 1 is 1.32 bits per heavy atom. The number of benzene rings is 1. The van der Waals surface area contributed by atoms with Crippen LogP contribution in [-0.4, -0.2) is 30.6 Å². The van der Waals surface area contributed by atoms with Crippen LogP contribution in [0.25, 0.3) is 0 Å². The molecule has 1 aromatic rings. The molecular weight excluding hydrogens is 284 g/mol. The van der Waals surface area contributed by atoms with Crippen LogP contribution in [0.3, 0.4) is 0 Å². The van der Waals surface area contributed by atoms with Crippen LogP contribution in [0.1, 0.15) is 33.1 Å². The Hall–Kier alpha value is -2.11.